The van der Waals surface area contributed by atoms with Crippen molar-refractivity contribution < 1.29 is 9.90 Å². The van der Waals surface area contributed by atoms with Gasteiger partial charge in [-0.2, -0.15) is 0 Å². The summed E-state index contributed by atoms with van der Waals surface area (Å²) in [6.07, 6.45) is 4.27. The Kier molecular flexibility index (Phi) is 3.88. The molecule has 1 saturated carbocycles. The lowest BCUT2D eigenvalue weighted by molar-refractivity contribution is -0.136. The monoisotopic (exact) mass is 236 g/mol. The summed E-state index contributed by atoms with van der Waals surface area (Å²) in [7, 11) is 0. The average Bonchev–Trinajstić information content (AvgIpc) is 3.04. The van der Waals surface area contributed by atoms with Crippen LogP contribution >= 0.6 is 11.8 Å². The molecule has 1 aliphatic carbocycles. The van der Waals surface area contributed by atoms with Crippen LogP contribution in [0.3, 0.4) is 0 Å². The first-order chi connectivity index (χ1) is 7.74. The summed E-state index contributed by atoms with van der Waals surface area (Å²) in [5.74, 6) is 1.40. The summed E-state index contributed by atoms with van der Waals surface area (Å²) in [6.45, 7) is 0. The molecule has 0 unspecified atom stereocenters. The first-order valence-electron chi connectivity index (χ1n) is 5.67. The zero-order valence-corrected chi connectivity index (χ0v) is 10.0. The molecule has 1 aliphatic rings. The molecular weight excluding hydrogens is 220 g/mol. The second-order valence-corrected chi connectivity index (χ2v) is 5.46. The average molecular weight is 236 g/mol. The molecule has 0 amide bonds. The SMILES string of the molecule is O=C(O)Cc1ccc(SCCC2CC2)cc1. The van der Waals surface area contributed by atoms with Crippen molar-refractivity contribution in [2.45, 2.75) is 30.6 Å². The Morgan fingerprint density at radius 3 is 2.56 bits per heavy atom. The number of carbonyl (C=O) groups is 1. The summed E-state index contributed by atoms with van der Waals surface area (Å²) < 4.78 is 0. The summed E-state index contributed by atoms with van der Waals surface area (Å²) in [5.41, 5.74) is 0.874. The van der Waals surface area contributed by atoms with E-state index in [2.05, 4.69) is 0 Å². The summed E-state index contributed by atoms with van der Waals surface area (Å²) in [6, 6.07) is 7.87. The molecule has 3 heteroatoms. The molecule has 0 aliphatic heterocycles. The fraction of sp³-hybridized carbons (Fsp3) is 0.462. The first-order valence-corrected chi connectivity index (χ1v) is 6.66. The predicted molar refractivity (Wildman–Crippen MR) is 65.8 cm³/mol. The maximum Gasteiger partial charge on any atom is 0.307 e. The normalized spacial score (nSPS) is 15.0. The van der Waals surface area contributed by atoms with E-state index in [1.807, 2.05) is 36.0 Å². The molecule has 1 aromatic carbocycles. The van der Waals surface area contributed by atoms with Crippen LogP contribution in [0, 0.1) is 5.92 Å². The highest BCUT2D eigenvalue weighted by atomic mass is 32.2. The lowest BCUT2D eigenvalue weighted by Gasteiger charge is -2.02. The molecule has 1 fully saturated rings. The highest BCUT2D eigenvalue weighted by Gasteiger charge is 2.20. The van der Waals surface area contributed by atoms with Crippen LogP contribution in [0.25, 0.3) is 0 Å². The number of thioether (sulfide) groups is 1. The van der Waals surface area contributed by atoms with E-state index in [1.165, 1.54) is 29.9 Å². The van der Waals surface area contributed by atoms with E-state index in [0.717, 1.165) is 11.5 Å². The van der Waals surface area contributed by atoms with Gasteiger partial charge in [0.05, 0.1) is 6.42 Å². The molecule has 2 nitrogen and oxygen atoms in total. The van der Waals surface area contributed by atoms with Gasteiger partial charge in [-0.3, -0.25) is 4.79 Å². The lowest BCUT2D eigenvalue weighted by Crippen LogP contribution is -1.99. The Balaban J connectivity index is 1.78. The van der Waals surface area contributed by atoms with Crippen LogP contribution in [0.5, 0.6) is 0 Å². The Bertz CT molecular complexity index is 355. The fourth-order valence-corrected chi connectivity index (χ4v) is 2.64. The number of hydrogen-bond donors (Lipinski definition) is 1. The second kappa shape index (κ2) is 5.39. The third kappa shape index (κ3) is 3.89. The zero-order valence-electron chi connectivity index (χ0n) is 9.19. The molecular formula is C13H16O2S. The molecule has 0 saturated heterocycles. The van der Waals surface area contributed by atoms with E-state index in [-0.39, 0.29) is 6.42 Å². The molecule has 86 valence electrons. The molecule has 0 heterocycles. The number of aliphatic carboxylic acids is 1. The quantitative estimate of drug-likeness (QED) is 0.771. The van der Waals surface area contributed by atoms with Gasteiger partial charge < -0.3 is 5.11 Å². The van der Waals surface area contributed by atoms with Crippen molar-refractivity contribution >= 4 is 17.7 Å². The molecule has 0 atom stereocenters. The highest BCUT2D eigenvalue weighted by Crippen LogP contribution is 2.34. The highest BCUT2D eigenvalue weighted by molar-refractivity contribution is 7.99. The van der Waals surface area contributed by atoms with Crippen molar-refractivity contribution in [2.75, 3.05) is 5.75 Å². The minimum absolute atomic E-state index is 0.118. The van der Waals surface area contributed by atoms with Crippen molar-refractivity contribution in [2.24, 2.45) is 5.92 Å². The van der Waals surface area contributed by atoms with E-state index < -0.39 is 5.97 Å². The van der Waals surface area contributed by atoms with Gasteiger partial charge in [0.2, 0.25) is 0 Å². The topological polar surface area (TPSA) is 37.3 Å². The van der Waals surface area contributed by atoms with Crippen LogP contribution in [-0.4, -0.2) is 16.8 Å². The van der Waals surface area contributed by atoms with Crippen LogP contribution in [0.4, 0.5) is 0 Å². The number of hydrogen-bond acceptors (Lipinski definition) is 2. The van der Waals surface area contributed by atoms with Gasteiger partial charge >= 0.3 is 5.97 Å². The lowest BCUT2D eigenvalue weighted by atomic mass is 10.2. The van der Waals surface area contributed by atoms with Gasteiger partial charge in [0.15, 0.2) is 0 Å². The number of carboxylic acids is 1. The Labute approximate surface area is 100 Å². The van der Waals surface area contributed by atoms with Crippen LogP contribution in [0.2, 0.25) is 0 Å². The Hall–Kier alpha value is -0.960. The van der Waals surface area contributed by atoms with Gasteiger partial charge in [-0.25, -0.2) is 0 Å². The number of rotatable bonds is 6. The number of carboxylic acid groups (broad SMARTS) is 1. The van der Waals surface area contributed by atoms with Gasteiger partial charge in [-0.15, -0.1) is 11.8 Å². The van der Waals surface area contributed by atoms with Crippen molar-refractivity contribution in [1.82, 2.24) is 0 Å². The Morgan fingerprint density at radius 1 is 1.31 bits per heavy atom. The molecule has 2 rings (SSSR count). The molecule has 16 heavy (non-hydrogen) atoms. The van der Waals surface area contributed by atoms with Crippen LogP contribution < -0.4 is 0 Å². The van der Waals surface area contributed by atoms with Gasteiger partial charge in [0.1, 0.15) is 0 Å². The third-order valence-corrected chi connectivity index (χ3v) is 3.82. The fourth-order valence-electron chi connectivity index (χ4n) is 1.63. The van der Waals surface area contributed by atoms with Gasteiger partial charge in [0, 0.05) is 4.90 Å². The zero-order chi connectivity index (χ0) is 11.4. The second-order valence-electron chi connectivity index (χ2n) is 4.29. The molecule has 0 bridgehead atoms. The minimum atomic E-state index is -0.769. The smallest absolute Gasteiger partial charge is 0.307 e. The minimum Gasteiger partial charge on any atom is -0.481 e. The molecule has 0 spiro atoms. The van der Waals surface area contributed by atoms with E-state index in [1.54, 1.807) is 0 Å². The van der Waals surface area contributed by atoms with Gasteiger partial charge in [-0.05, 0) is 35.8 Å². The maximum atomic E-state index is 10.5. The first kappa shape index (κ1) is 11.5. The van der Waals surface area contributed by atoms with E-state index in [4.69, 9.17) is 5.11 Å². The van der Waals surface area contributed by atoms with Crippen molar-refractivity contribution in [3.05, 3.63) is 29.8 Å². The van der Waals surface area contributed by atoms with E-state index in [0.29, 0.717) is 0 Å². The summed E-state index contributed by atoms with van der Waals surface area (Å²) in [4.78, 5) is 11.7. The standard InChI is InChI=1S/C13H16O2S/c14-13(15)9-11-3-5-12(6-4-11)16-8-7-10-1-2-10/h3-6,10H,1-2,7-9H2,(H,14,15). The van der Waals surface area contributed by atoms with Crippen LogP contribution in [0.15, 0.2) is 29.2 Å². The van der Waals surface area contributed by atoms with Crippen molar-refractivity contribution in [3.8, 4) is 0 Å². The summed E-state index contributed by atoms with van der Waals surface area (Å²) >= 11 is 1.87. The molecule has 1 aromatic rings. The Morgan fingerprint density at radius 2 is 2.00 bits per heavy atom. The third-order valence-electron chi connectivity index (χ3n) is 2.77. The van der Waals surface area contributed by atoms with Crippen LogP contribution in [-0.2, 0) is 11.2 Å². The van der Waals surface area contributed by atoms with E-state index in [9.17, 15) is 4.79 Å². The predicted octanol–water partition coefficient (Wildman–Crippen LogP) is 3.21. The molecule has 1 N–H and O–H groups in total. The molecule has 0 aromatic heterocycles. The van der Waals surface area contributed by atoms with Crippen molar-refractivity contribution in [1.29, 1.82) is 0 Å². The van der Waals surface area contributed by atoms with Gasteiger partial charge in [0.25, 0.3) is 0 Å². The van der Waals surface area contributed by atoms with Crippen molar-refractivity contribution in [3.63, 3.8) is 0 Å². The van der Waals surface area contributed by atoms with E-state index >= 15 is 0 Å². The maximum absolute atomic E-state index is 10.5. The van der Waals surface area contributed by atoms with Gasteiger partial charge in [-0.1, -0.05) is 25.0 Å². The van der Waals surface area contributed by atoms with Crippen LogP contribution in [0.1, 0.15) is 24.8 Å². The number of benzene rings is 1. The molecule has 0 radical (unpaired) electrons. The summed E-state index contributed by atoms with van der Waals surface area (Å²) in [5, 5.41) is 8.64. The largest absolute Gasteiger partial charge is 0.481 e.